The summed E-state index contributed by atoms with van der Waals surface area (Å²) in [5, 5.41) is 3.95. The number of fused-ring (bicyclic) bond motifs is 1. The van der Waals surface area contributed by atoms with Gasteiger partial charge in [-0.05, 0) is 24.3 Å². The molecule has 0 aliphatic carbocycles. The number of aromatic nitrogens is 4. The van der Waals surface area contributed by atoms with Crippen LogP contribution in [0.5, 0.6) is 0 Å². The molecular weight excluding hydrogens is 359 g/mol. The lowest BCUT2D eigenvalue weighted by molar-refractivity contribution is 1.00. The summed E-state index contributed by atoms with van der Waals surface area (Å²) in [4.78, 5) is 12.9. The van der Waals surface area contributed by atoms with Crippen LogP contribution in [0.25, 0.3) is 16.9 Å². The molecule has 8 heteroatoms. The zero-order valence-corrected chi connectivity index (χ0v) is 14.3. The summed E-state index contributed by atoms with van der Waals surface area (Å²) in [5.41, 5.74) is 9.03. The van der Waals surface area contributed by atoms with E-state index in [0.29, 0.717) is 33.1 Å². The molecule has 3 N–H and O–H groups in total. The Morgan fingerprint density at radius 3 is 2.68 bits per heavy atom. The Kier molecular flexibility index (Phi) is 3.91. The Balaban J connectivity index is 1.80. The molecule has 0 atom stereocenters. The zero-order valence-electron chi connectivity index (χ0n) is 12.8. The predicted octanol–water partition coefficient (Wildman–Crippen LogP) is 4.45. The maximum Gasteiger partial charge on any atom is 0.167 e. The molecule has 25 heavy (non-hydrogen) atoms. The lowest BCUT2D eigenvalue weighted by Crippen LogP contribution is -2.07. The number of hydrogen-bond acceptors (Lipinski definition) is 5. The maximum atomic E-state index is 6.29. The van der Waals surface area contributed by atoms with E-state index in [1.165, 1.54) is 6.33 Å². The molecule has 0 spiro atoms. The van der Waals surface area contributed by atoms with Gasteiger partial charge in [0.2, 0.25) is 0 Å². The van der Waals surface area contributed by atoms with Crippen molar-refractivity contribution < 1.29 is 0 Å². The van der Waals surface area contributed by atoms with Crippen molar-refractivity contribution in [3.05, 3.63) is 65.2 Å². The predicted molar refractivity (Wildman–Crippen MR) is 101 cm³/mol. The van der Waals surface area contributed by atoms with E-state index in [2.05, 4.69) is 20.3 Å². The molecule has 4 rings (SSSR count). The summed E-state index contributed by atoms with van der Waals surface area (Å²) in [7, 11) is 0. The molecule has 2 heterocycles. The number of para-hydroxylation sites is 2. The quantitative estimate of drug-likeness (QED) is 0.556. The average molecular weight is 371 g/mol. The molecule has 0 saturated heterocycles. The molecular formula is C17H12Cl2N6. The van der Waals surface area contributed by atoms with Crippen molar-refractivity contribution in [2.24, 2.45) is 0 Å². The number of anilines is 3. The third-order valence-electron chi connectivity index (χ3n) is 3.75. The van der Waals surface area contributed by atoms with Crippen LogP contribution in [0.3, 0.4) is 0 Å². The van der Waals surface area contributed by atoms with Gasteiger partial charge in [0.25, 0.3) is 0 Å². The van der Waals surface area contributed by atoms with E-state index in [1.807, 2.05) is 28.8 Å². The fraction of sp³-hybridized carbons (Fsp3) is 0. The summed E-state index contributed by atoms with van der Waals surface area (Å²) >= 11 is 12.3. The third kappa shape index (κ3) is 2.75. The van der Waals surface area contributed by atoms with Crippen molar-refractivity contribution in [3.63, 3.8) is 0 Å². The molecule has 0 fully saturated rings. The van der Waals surface area contributed by atoms with Gasteiger partial charge in [-0.25, -0.2) is 15.0 Å². The lowest BCUT2D eigenvalue weighted by atomic mass is 10.3. The van der Waals surface area contributed by atoms with Crippen LogP contribution in [0.4, 0.5) is 17.2 Å². The summed E-state index contributed by atoms with van der Waals surface area (Å²) in [6, 6.07) is 13.0. The summed E-state index contributed by atoms with van der Waals surface area (Å²) in [5.74, 6) is 0.969. The highest BCUT2D eigenvalue weighted by molar-refractivity contribution is 6.43. The molecule has 0 amide bonds. The van der Waals surface area contributed by atoms with E-state index < -0.39 is 0 Å². The molecule has 0 aliphatic rings. The van der Waals surface area contributed by atoms with Gasteiger partial charge in [-0.15, -0.1) is 0 Å². The van der Waals surface area contributed by atoms with Gasteiger partial charge in [0.1, 0.15) is 18.3 Å². The average Bonchev–Trinajstić information content (AvgIpc) is 3.05. The number of halogens is 2. The van der Waals surface area contributed by atoms with Gasteiger partial charge >= 0.3 is 0 Å². The number of nitrogens with one attached hydrogen (secondary N) is 1. The molecule has 0 radical (unpaired) electrons. The monoisotopic (exact) mass is 370 g/mol. The van der Waals surface area contributed by atoms with Crippen LogP contribution in [0, 0.1) is 0 Å². The van der Waals surface area contributed by atoms with Crippen LogP contribution >= 0.6 is 23.2 Å². The van der Waals surface area contributed by atoms with Crippen LogP contribution in [-0.2, 0) is 0 Å². The first-order valence-corrected chi connectivity index (χ1v) is 8.14. The van der Waals surface area contributed by atoms with Crippen LogP contribution in [0.1, 0.15) is 0 Å². The number of imidazole rings is 1. The minimum Gasteiger partial charge on any atom is -0.393 e. The van der Waals surface area contributed by atoms with E-state index in [1.54, 1.807) is 24.5 Å². The smallest absolute Gasteiger partial charge is 0.167 e. The normalized spacial score (nSPS) is 11.0. The standard InChI is InChI=1S/C17H12Cl2N6/c18-10-4-3-6-12(14(10)19)24-16-15(20)17(22-8-21-16)25-9-23-11-5-1-2-7-13(11)25/h1-9H,20H2,(H,21,22,24). The van der Waals surface area contributed by atoms with E-state index in [0.717, 1.165) is 11.0 Å². The van der Waals surface area contributed by atoms with Gasteiger partial charge in [0, 0.05) is 0 Å². The number of hydrogen-bond donors (Lipinski definition) is 2. The highest BCUT2D eigenvalue weighted by atomic mass is 35.5. The van der Waals surface area contributed by atoms with Gasteiger partial charge in [-0.1, -0.05) is 41.4 Å². The first-order valence-electron chi connectivity index (χ1n) is 7.39. The second-order valence-corrected chi connectivity index (χ2v) is 6.07. The lowest BCUT2D eigenvalue weighted by Gasteiger charge is -2.13. The van der Waals surface area contributed by atoms with Crippen LogP contribution in [-0.4, -0.2) is 19.5 Å². The van der Waals surface area contributed by atoms with Crippen LogP contribution in [0.2, 0.25) is 10.0 Å². The van der Waals surface area contributed by atoms with E-state index in [9.17, 15) is 0 Å². The van der Waals surface area contributed by atoms with Crippen molar-refractivity contribution in [1.29, 1.82) is 0 Å². The van der Waals surface area contributed by atoms with Crippen molar-refractivity contribution in [1.82, 2.24) is 19.5 Å². The number of nitrogen functional groups attached to an aromatic ring is 1. The first kappa shape index (κ1) is 15.7. The van der Waals surface area contributed by atoms with Crippen molar-refractivity contribution in [3.8, 4) is 5.82 Å². The van der Waals surface area contributed by atoms with Gasteiger partial charge < -0.3 is 11.1 Å². The molecule has 0 saturated carbocycles. The Hall–Kier alpha value is -2.83. The second kappa shape index (κ2) is 6.23. The highest BCUT2D eigenvalue weighted by Gasteiger charge is 2.14. The zero-order chi connectivity index (χ0) is 17.4. The van der Waals surface area contributed by atoms with Crippen molar-refractivity contribution in [2.45, 2.75) is 0 Å². The first-order chi connectivity index (χ1) is 12.1. The fourth-order valence-electron chi connectivity index (χ4n) is 2.53. The summed E-state index contributed by atoms with van der Waals surface area (Å²) < 4.78 is 1.82. The summed E-state index contributed by atoms with van der Waals surface area (Å²) in [6.07, 6.45) is 3.11. The topological polar surface area (TPSA) is 81.6 Å². The van der Waals surface area contributed by atoms with Crippen LogP contribution in [0.15, 0.2) is 55.1 Å². The third-order valence-corrected chi connectivity index (χ3v) is 4.57. The molecule has 0 bridgehead atoms. The molecule has 0 aliphatic heterocycles. The van der Waals surface area contributed by atoms with Crippen LogP contribution < -0.4 is 11.1 Å². The fourth-order valence-corrected chi connectivity index (χ4v) is 2.88. The van der Waals surface area contributed by atoms with Crippen molar-refractivity contribution in [2.75, 3.05) is 11.1 Å². The van der Waals surface area contributed by atoms with Crippen molar-refractivity contribution >= 4 is 51.4 Å². The Morgan fingerprint density at radius 1 is 0.960 bits per heavy atom. The SMILES string of the molecule is Nc1c(Nc2cccc(Cl)c2Cl)ncnc1-n1cnc2ccccc21. The van der Waals surface area contributed by atoms with E-state index in [-0.39, 0.29) is 0 Å². The van der Waals surface area contributed by atoms with Gasteiger partial charge in [-0.2, -0.15) is 0 Å². The van der Waals surface area contributed by atoms with Gasteiger partial charge in [0.05, 0.1) is 26.8 Å². The number of rotatable bonds is 3. The Morgan fingerprint density at radius 2 is 1.80 bits per heavy atom. The minimum atomic E-state index is 0.377. The maximum absolute atomic E-state index is 6.29. The number of nitrogens with two attached hydrogens (primary N) is 1. The molecule has 0 unspecified atom stereocenters. The molecule has 2 aromatic heterocycles. The molecule has 2 aromatic carbocycles. The number of nitrogens with zero attached hydrogens (tertiary/aromatic N) is 4. The molecule has 124 valence electrons. The van der Waals surface area contributed by atoms with Gasteiger partial charge in [-0.3, -0.25) is 4.57 Å². The van der Waals surface area contributed by atoms with E-state index >= 15 is 0 Å². The molecule has 6 nitrogen and oxygen atoms in total. The van der Waals surface area contributed by atoms with E-state index in [4.69, 9.17) is 28.9 Å². The highest BCUT2D eigenvalue weighted by Crippen LogP contribution is 2.33. The summed E-state index contributed by atoms with van der Waals surface area (Å²) in [6.45, 7) is 0. The second-order valence-electron chi connectivity index (χ2n) is 5.29. The Bertz CT molecular complexity index is 1080. The largest absolute Gasteiger partial charge is 0.393 e. The van der Waals surface area contributed by atoms with Gasteiger partial charge in [0.15, 0.2) is 11.6 Å². The minimum absolute atomic E-state index is 0.377. The Labute approximate surface area is 153 Å². The molecule has 4 aromatic rings. The number of benzene rings is 2.